The first-order valence-electron chi connectivity index (χ1n) is 35.9. The van der Waals surface area contributed by atoms with Gasteiger partial charge in [-0.2, -0.15) is 13.5 Å². The summed E-state index contributed by atoms with van der Waals surface area (Å²) < 4.78 is 55.4. The summed E-state index contributed by atoms with van der Waals surface area (Å²) in [6.45, 7) is 9.51. The van der Waals surface area contributed by atoms with E-state index >= 15 is 4.79 Å². The Hall–Kier alpha value is -10.2. The second-order valence-corrected chi connectivity index (χ2v) is 33.1. The van der Waals surface area contributed by atoms with Crippen molar-refractivity contribution in [3.63, 3.8) is 0 Å². The standard InChI is InChI=1S/C75H90N14O17S2/c1-44(2)62(82-59(90)34-86-49(36-104-6)31-56(66(86)95)89-60(91)22-23-61(89)92)67(96)88(55(64(76)93)14-10-25-78-69(77)99)48-18-16-46(17-19-48)35-105-71(100)84(28-30-108(101,102)103)27-29-106-75-40-72(4)37-73(5,41-75)39-74(38-72,42-75)43-87-45(3)52(32-79-87)50-20-21-58(81-63(50)68(97)98)85-26-24-47-11-9-12-51(53(47)33-85)65(94)83-70-80-54-13-7-8-15-57(54)107-70/h7-9,11-13,15-23,32,44,49,55-56,62H,10,14,24-31,33-43H2,1-6H3,(H2,76,93)(H,82,90)(H,97,98)(H3,77,78,99)(H,80,83,94)(H,101,102,103)/t49-,55-,56-,62-,72?,73?,74?,75?/m0/s1. The Morgan fingerprint density at radius 1 is 0.861 bits per heavy atom. The maximum Gasteiger partial charge on any atom is 0.410 e. The molecule has 9 N–H and O–H groups in total. The summed E-state index contributed by atoms with van der Waals surface area (Å²) in [5.74, 6) is -7.06. The first kappa shape index (κ1) is 77.4. The number of benzene rings is 3. The number of carboxylic acids is 1. The lowest BCUT2D eigenvalue weighted by molar-refractivity contribution is -0.248. The normalized spacial score (nSPS) is 22.7. The molecule has 0 spiro atoms. The van der Waals surface area contributed by atoms with Gasteiger partial charge in [0.05, 0.1) is 53.6 Å². The van der Waals surface area contributed by atoms with Gasteiger partial charge in [-0.25, -0.2) is 24.4 Å². The summed E-state index contributed by atoms with van der Waals surface area (Å²) in [7, 11) is -3.19. The lowest BCUT2D eigenvalue weighted by atomic mass is 9.39. The molecule has 0 radical (unpaired) electrons. The maximum atomic E-state index is 15.0. The summed E-state index contributed by atoms with van der Waals surface area (Å²) in [5.41, 5.74) is 15.3. The van der Waals surface area contributed by atoms with Gasteiger partial charge in [-0.3, -0.25) is 57.9 Å². The maximum absolute atomic E-state index is 15.0. The average Bonchev–Trinajstić information content (AvgIpc) is 0.801. The first-order chi connectivity index (χ1) is 51.2. The molecule has 6 heterocycles. The minimum absolute atomic E-state index is 0.00611. The number of carbonyl (C=O) groups is 10. The highest BCUT2D eigenvalue weighted by molar-refractivity contribution is 7.85. The number of pyridine rings is 1. The highest BCUT2D eigenvalue weighted by atomic mass is 32.2. The number of nitrogens with zero attached hydrogens (tertiary/aromatic N) is 9. The number of hydrogen-bond donors (Lipinski definition) is 7. The summed E-state index contributed by atoms with van der Waals surface area (Å²) in [6.07, 6.45) is 8.25. The predicted molar refractivity (Wildman–Crippen MR) is 396 cm³/mol. The molecule has 31 nitrogen and oxygen atoms in total. The van der Waals surface area contributed by atoms with Crippen molar-refractivity contribution in [2.24, 2.45) is 33.6 Å². The van der Waals surface area contributed by atoms with Crippen molar-refractivity contribution in [2.45, 2.75) is 148 Å². The van der Waals surface area contributed by atoms with Crippen LogP contribution in [0.4, 0.5) is 26.2 Å². The lowest BCUT2D eigenvalue weighted by Crippen LogP contribution is -2.64. The molecule has 10 amide bonds. The van der Waals surface area contributed by atoms with Crippen molar-refractivity contribution < 1.29 is 80.2 Å². The molecule has 1 saturated heterocycles. The Morgan fingerprint density at radius 2 is 1.58 bits per heavy atom. The van der Waals surface area contributed by atoms with E-state index in [0.717, 1.165) is 86.0 Å². The summed E-state index contributed by atoms with van der Waals surface area (Å²) in [5, 5.41) is 24.3. The first-order valence-corrected chi connectivity index (χ1v) is 38.4. The van der Waals surface area contributed by atoms with Crippen LogP contribution in [-0.2, 0) is 79.2 Å². The van der Waals surface area contributed by atoms with E-state index in [0.29, 0.717) is 65.7 Å². The van der Waals surface area contributed by atoms with E-state index < -0.39 is 118 Å². The number of rotatable bonds is 31. The molecule has 33 heteroatoms. The third kappa shape index (κ3) is 16.9. The van der Waals surface area contributed by atoms with Gasteiger partial charge >= 0.3 is 18.1 Å². The van der Waals surface area contributed by atoms with Crippen LogP contribution in [0.2, 0.25) is 0 Å². The van der Waals surface area contributed by atoms with Crippen LogP contribution in [-0.4, -0.2) is 201 Å². The number of anilines is 3. The molecule has 13 rings (SSSR count). The number of primary amides is 2. The highest BCUT2D eigenvalue weighted by Crippen LogP contribution is 2.72. The van der Waals surface area contributed by atoms with E-state index in [1.807, 2.05) is 59.0 Å². The van der Waals surface area contributed by atoms with Gasteiger partial charge in [0.15, 0.2) is 10.8 Å². The minimum Gasteiger partial charge on any atom is -0.476 e. The molecule has 7 aliphatic rings. The number of aromatic carboxylic acids is 1. The quantitative estimate of drug-likeness (QED) is 0.0141. The number of carboxylic acid groups (broad SMARTS) is 1. The molecule has 4 aliphatic carbocycles. The number of urea groups is 1. The van der Waals surface area contributed by atoms with Crippen LogP contribution >= 0.6 is 11.3 Å². The fourth-order valence-electron chi connectivity index (χ4n) is 18.1. The van der Waals surface area contributed by atoms with Crippen molar-refractivity contribution in [3.05, 3.63) is 131 Å². The number of para-hydroxylation sites is 1. The highest BCUT2D eigenvalue weighted by Gasteiger charge is 2.66. The van der Waals surface area contributed by atoms with Crippen molar-refractivity contribution in [2.75, 3.05) is 73.9 Å². The Labute approximate surface area is 627 Å². The Balaban J connectivity index is 0.708. The fraction of sp³-hybridized carbons (Fsp3) is 0.480. The Bertz CT molecular complexity index is 4630. The van der Waals surface area contributed by atoms with Crippen molar-refractivity contribution in [1.29, 1.82) is 0 Å². The number of hydrogen-bond acceptors (Lipinski definition) is 20. The van der Waals surface area contributed by atoms with Crippen LogP contribution in [0.15, 0.2) is 97.2 Å². The monoisotopic (exact) mass is 1520 g/mol. The van der Waals surface area contributed by atoms with E-state index in [1.54, 1.807) is 32.2 Å². The molecule has 574 valence electrons. The van der Waals surface area contributed by atoms with E-state index in [1.165, 1.54) is 47.6 Å². The minimum atomic E-state index is -4.58. The van der Waals surface area contributed by atoms with E-state index in [2.05, 4.69) is 34.8 Å². The van der Waals surface area contributed by atoms with Crippen LogP contribution < -0.4 is 37.2 Å². The van der Waals surface area contributed by atoms with Gasteiger partial charge in [0.1, 0.15) is 30.6 Å². The number of nitrogens with one attached hydrogen (secondary N) is 3. The summed E-state index contributed by atoms with van der Waals surface area (Å²) >= 11 is 1.39. The SMILES string of the molecule is COC[C@@H]1C[C@H](N2C(=O)C=CC2=O)C(=O)N1CC(=O)N[C@H](C(=O)N(c1ccc(COC(=O)N(CCOC23CC4(C)CC(C)(CC(Cn5ncc(-c6ccc(N7CCc8cccc(C(=O)Nc9nc%10ccccc%10s9)c8C7)nc6C(=O)O)c5C)(C4)C2)C3)CCS(=O)(=O)O)cc1)[C@@H](CCCNC(N)=O)C(N)=O)C(C)C. The molecule has 4 bridgehead atoms. The van der Waals surface area contributed by atoms with Crippen LogP contribution in [0.5, 0.6) is 0 Å². The Kier molecular flexibility index (Phi) is 22.3. The number of thiazole rings is 1. The number of amides is 10. The average molecular weight is 1520 g/mol. The molecule has 108 heavy (non-hydrogen) atoms. The predicted octanol–water partition coefficient (Wildman–Crippen LogP) is 6.36. The number of imide groups is 1. The third-order valence-corrected chi connectivity index (χ3v) is 23.3. The van der Waals surface area contributed by atoms with Crippen LogP contribution in [0, 0.1) is 29.1 Å². The zero-order valence-electron chi connectivity index (χ0n) is 61.0. The van der Waals surface area contributed by atoms with Crippen LogP contribution in [0.1, 0.15) is 129 Å². The van der Waals surface area contributed by atoms with E-state index in [-0.39, 0.29) is 85.7 Å². The smallest absolute Gasteiger partial charge is 0.410 e. The molecular formula is C75H90N14O17S2. The molecule has 3 aromatic heterocycles. The second kappa shape index (κ2) is 31.2. The van der Waals surface area contributed by atoms with Gasteiger partial charge in [-0.1, -0.05) is 75.4 Å². The van der Waals surface area contributed by atoms with Crippen molar-refractivity contribution in [3.8, 4) is 11.1 Å². The van der Waals surface area contributed by atoms with Crippen molar-refractivity contribution >= 4 is 108 Å². The lowest BCUT2D eigenvalue weighted by Gasteiger charge is -2.69. The number of aromatic nitrogens is 4. The van der Waals surface area contributed by atoms with Gasteiger partial charge in [0.25, 0.3) is 33.7 Å². The van der Waals surface area contributed by atoms with Gasteiger partial charge in [0.2, 0.25) is 17.7 Å². The van der Waals surface area contributed by atoms with Gasteiger partial charge in [-0.05, 0) is 146 Å². The third-order valence-electron chi connectivity index (χ3n) is 21.6. The number of nitrogens with two attached hydrogens (primary N) is 2. The molecule has 3 aromatic carbocycles. The fourth-order valence-corrected chi connectivity index (χ4v) is 19.4. The number of fused-ring (bicyclic) bond motifs is 2. The molecular weight excluding hydrogens is 1430 g/mol. The summed E-state index contributed by atoms with van der Waals surface area (Å²) in [6, 6.07) is 17.4. The number of likely N-dealkylation sites (tertiary alicyclic amines) is 1. The van der Waals surface area contributed by atoms with Gasteiger partial charge in [-0.15, -0.1) is 0 Å². The molecule has 3 aliphatic heterocycles. The van der Waals surface area contributed by atoms with Crippen molar-refractivity contribution in [1.82, 2.24) is 45.1 Å². The Morgan fingerprint density at radius 3 is 2.25 bits per heavy atom. The molecule has 4 saturated carbocycles. The topological polar surface area (TPSA) is 421 Å². The zero-order chi connectivity index (χ0) is 77.4. The second-order valence-electron chi connectivity index (χ2n) is 30.5. The van der Waals surface area contributed by atoms with Crippen LogP contribution in [0.3, 0.4) is 0 Å². The van der Waals surface area contributed by atoms with Gasteiger partial charge < -0.3 is 56.1 Å². The number of methoxy groups -OCH3 is 1. The molecule has 5 fully saturated rings. The number of carbonyl (C=O) groups excluding carboxylic acids is 9. The summed E-state index contributed by atoms with van der Waals surface area (Å²) in [4.78, 5) is 150. The van der Waals surface area contributed by atoms with E-state index in [4.69, 9.17) is 35.8 Å². The molecule has 6 atom stereocenters. The molecule has 6 aromatic rings. The van der Waals surface area contributed by atoms with E-state index in [9.17, 15) is 61.2 Å². The largest absolute Gasteiger partial charge is 0.476 e. The van der Waals surface area contributed by atoms with Crippen LogP contribution in [0.25, 0.3) is 21.3 Å². The molecule has 2 unspecified atom stereocenters. The zero-order valence-corrected chi connectivity index (χ0v) is 62.6. The number of ether oxygens (including phenoxy) is 3. The van der Waals surface area contributed by atoms with Gasteiger partial charge in [0, 0.05) is 93.0 Å².